The molecule has 0 spiro atoms. The summed E-state index contributed by atoms with van der Waals surface area (Å²) in [6, 6.07) is 3.47. The van der Waals surface area contributed by atoms with Crippen molar-refractivity contribution in [2.24, 2.45) is 0 Å². The van der Waals surface area contributed by atoms with Crippen LogP contribution in [0.15, 0.2) is 18.2 Å². The molecule has 3 nitrogen and oxygen atoms in total. The highest BCUT2D eigenvalue weighted by molar-refractivity contribution is 5.90. The van der Waals surface area contributed by atoms with E-state index in [0.29, 0.717) is 0 Å². The van der Waals surface area contributed by atoms with Crippen molar-refractivity contribution in [2.75, 3.05) is 12.8 Å². The molecule has 0 bridgehead atoms. The SMILES string of the molecule is COC(=O)c1cc(N)cc(C(F)F)c1. The Balaban J connectivity index is 3.13. The molecule has 0 saturated heterocycles. The first-order chi connectivity index (χ1) is 6.54. The van der Waals surface area contributed by atoms with E-state index in [2.05, 4.69) is 4.74 Å². The van der Waals surface area contributed by atoms with Crippen LogP contribution < -0.4 is 5.73 Å². The van der Waals surface area contributed by atoms with Gasteiger partial charge in [-0.2, -0.15) is 0 Å². The second-order valence-corrected chi connectivity index (χ2v) is 2.68. The zero-order chi connectivity index (χ0) is 10.7. The Hall–Kier alpha value is -1.65. The van der Waals surface area contributed by atoms with Gasteiger partial charge in [0.1, 0.15) is 0 Å². The van der Waals surface area contributed by atoms with Crippen LogP contribution >= 0.6 is 0 Å². The van der Waals surface area contributed by atoms with Crippen LogP contribution in [0.3, 0.4) is 0 Å². The quantitative estimate of drug-likeness (QED) is 0.588. The number of anilines is 1. The highest BCUT2D eigenvalue weighted by Gasteiger charge is 2.12. The molecule has 0 aliphatic carbocycles. The van der Waals surface area contributed by atoms with E-state index in [1.165, 1.54) is 13.2 Å². The molecular weight excluding hydrogens is 192 g/mol. The van der Waals surface area contributed by atoms with Crippen LogP contribution in [0.1, 0.15) is 22.3 Å². The van der Waals surface area contributed by atoms with Gasteiger partial charge in [0.15, 0.2) is 0 Å². The topological polar surface area (TPSA) is 52.3 Å². The number of methoxy groups -OCH3 is 1. The van der Waals surface area contributed by atoms with Gasteiger partial charge in [-0.1, -0.05) is 0 Å². The first-order valence-electron chi connectivity index (χ1n) is 3.81. The smallest absolute Gasteiger partial charge is 0.337 e. The van der Waals surface area contributed by atoms with Crippen molar-refractivity contribution in [1.82, 2.24) is 0 Å². The molecule has 1 aromatic carbocycles. The van der Waals surface area contributed by atoms with Crippen molar-refractivity contribution < 1.29 is 18.3 Å². The number of carbonyl (C=O) groups excluding carboxylic acids is 1. The predicted octanol–water partition coefficient (Wildman–Crippen LogP) is 1.99. The van der Waals surface area contributed by atoms with Crippen molar-refractivity contribution >= 4 is 11.7 Å². The number of halogens is 2. The summed E-state index contributed by atoms with van der Waals surface area (Å²) in [6.45, 7) is 0. The lowest BCUT2D eigenvalue weighted by atomic mass is 10.1. The maximum absolute atomic E-state index is 12.3. The molecule has 5 heteroatoms. The Bertz CT molecular complexity index is 353. The summed E-state index contributed by atoms with van der Waals surface area (Å²) >= 11 is 0. The summed E-state index contributed by atoms with van der Waals surface area (Å²) in [5.74, 6) is -0.681. The van der Waals surface area contributed by atoms with E-state index in [4.69, 9.17) is 5.73 Å². The summed E-state index contributed by atoms with van der Waals surface area (Å²) in [7, 11) is 1.17. The van der Waals surface area contributed by atoms with Crippen LogP contribution in [0.4, 0.5) is 14.5 Å². The number of ether oxygens (including phenoxy) is 1. The van der Waals surface area contributed by atoms with E-state index in [1.807, 2.05) is 0 Å². The number of benzene rings is 1. The van der Waals surface area contributed by atoms with Crippen molar-refractivity contribution in [3.8, 4) is 0 Å². The molecule has 0 amide bonds. The molecule has 0 saturated carbocycles. The number of nitrogen functional groups attached to an aromatic ring is 1. The fraction of sp³-hybridized carbons (Fsp3) is 0.222. The van der Waals surface area contributed by atoms with Crippen molar-refractivity contribution in [3.05, 3.63) is 29.3 Å². The standard InChI is InChI=1S/C9H9F2NO2/c1-14-9(13)6-2-5(8(10)11)3-7(12)4-6/h2-4,8H,12H2,1H3. The fourth-order valence-electron chi connectivity index (χ4n) is 1.04. The Morgan fingerprint density at radius 3 is 2.57 bits per heavy atom. The fourth-order valence-corrected chi connectivity index (χ4v) is 1.04. The minimum Gasteiger partial charge on any atom is -0.465 e. The van der Waals surface area contributed by atoms with Gasteiger partial charge in [0, 0.05) is 11.3 Å². The van der Waals surface area contributed by atoms with Crippen LogP contribution in [0.2, 0.25) is 0 Å². The predicted molar refractivity (Wildman–Crippen MR) is 47.2 cm³/mol. The van der Waals surface area contributed by atoms with Crippen LogP contribution in [0.25, 0.3) is 0 Å². The van der Waals surface area contributed by atoms with Crippen molar-refractivity contribution in [1.29, 1.82) is 0 Å². The maximum Gasteiger partial charge on any atom is 0.337 e. The Labute approximate surface area is 79.5 Å². The molecule has 0 aliphatic heterocycles. The third-order valence-corrected chi connectivity index (χ3v) is 1.65. The van der Waals surface area contributed by atoms with Crippen LogP contribution in [-0.2, 0) is 4.74 Å². The summed E-state index contributed by atoms with van der Waals surface area (Å²) < 4.78 is 29.0. The van der Waals surface area contributed by atoms with Gasteiger partial charge >= 0.3 is 5.97 Å². The molecule has 14 heavy (non-hydrogen) atoms. The Kier molecular flexibility index (Phi) is 3.01. The van der Waals surface area contributed by atoms with E-state index < -0.39 is 12.4 Å². The van der Waals surface area contributed by atoms with E-state index in [-0.39, 0.29) is 16.8 Å². The lowest BCUT2D eigenvalue weighted by molar-refractivity contribution is 0.0600. The van der Waals surface area contributed by atoms with Gasteiger partial charge in [0.25, 0.3) is 6.43 Å². The highest BCUT2D eigenvalue weighted by Crippen LogP contribution is 2.22. The van der Waals surface area contributed by atoms with Crippen LogP contribution in [-0.4, -0.2) is 13.1 Å². The molecule has 76 valence electrons. The molecule has 0 heterocycles. The number of nitrogens with two attached hydrogens (primary N) is 1. The van der Waals surface area contributed by atoms with Gasteiger partial charge in [-0.3, -0.25) is 0 Å². The lowest BCUT2D eigenvalue weighted by Crippen LogP contribution is -2.03. The van der Waals surface area contributed by atoms with E-state index >= 15 is 0 Å². The molecule has 1 rings (SSSR count). The normalized spacial score (nSPS) is 10.3. The van der Waals surface area contributed by atoms with Gasteiger partial charge < -0.3 is 10.5 Å². The Morgan fingerprint density at radius 2 is 2.07 bits per heavy atom. The summed E-state index contributed by atoms with van der Waals surface area (Å²) in [4.78, 5) is 11.0. The molecule has 0 aromatic heterocycles. The second kappa shape index (κ2) is 4.04. The number of rotatable bonds is 2. The molecule has 0 fully saturated rings. The second-order valence-electron chi connectivity index (χ2n) is 2.68. The van der Waals surface area contributed by atoms with Gasteiger partial charge in [0.2, 0.25) is 0 Å². The van der Waals surface area contributed by atoms with Crippen molar-refractivity contribution in [3.63, 3.8) is 0 Å². The monoisotopic (exact) mass is 201 g/mol. The molecule has 0 radical (unpaired) electrons. The van der Waals surface area contributed by atoms with Crippen molar-refractivity contribution in [2.45, 2.75) is 6.43 Å². The molecule has 2 N–H and O–H groups in total. The molecular formula is C9H9F2NO2. The lowest BCUT2D eigenvalue weighted by Gasteiger charge is -2.04. The molecule has 0 atom stereocenters. The number of carbonyl (C=O) groups is 1. The molecule has 0 aliphatic rings. The van der Waals surface area contributed by atoms with Crippen LogP contribution in [0, 0.1) is 0 Å². The van der Waals surface area contributed by atoms with E-state index in [1.54, 1.807) is 0 Å². The van der Waals surface area contributed by atoms with E-state index in [0.717, 1.165) is 12.1 Å². The third-order valence-electron chi connectivity index (χ3n) is 1.65. The Morgan fingerprint density at radius 1 is 1.43 bits per heavy atom. The number of hydrogen-bond acceptors (Lipinski definition) is 3. The first kappa shape index (κ1) is 10.4. The van der Waals surface area contributed by atoms with Gasteiger partial charge in [-0.15, -0.1) is 0 Å². The largest absolute Gasteiger partial charge is 0.465 e. The van der Waals surface area contributed by atoms with Gasteiger partial charge in [-0.25, -0.2) is 13.6 Å². The maximum atomic E-state index is 12.3. The number of hydrogen-bond donors (Lipinski definition) is 1. The number of alkyl halides is 2. The zero-order valence-corrected chi connectivity index (χ0v) is 7.46. The number of esters is 1. The average Bonchev–Trinajstić information content (AvgIpc) is 2.15. The average molecular weight is 201 g/mol. The third kappa shape index (κ3) is 2.18. The highest BCUT2D eigenvalue weighted by atomic mass is 19.3. The summed E-state index contributed by atoms with van der Waals surface area (Å²) in [5.41, 5.74) is 5.21. The first-order valence-corrected chi connectivity index (χ1v) is 3.81. The zero-order valence-electron chi connectivity index (χ0n) is 7.46. The van der Waals surface area contributed by atoms with Gasteiger partial charge in [0.05, 0.1) is 12.7 Å². The molecule has 1 aromatic rings. The summed E-state index contributed by atoms with van der Waals surface area (Å²) in [5, 5.41) is 0. The molecule has 0 unspecified atom stereocenters. The minimum atomic E-state index is -2.65. The summed E-state index contributed by atoms with van der Waals surface area (Å²) in [6.07, 6.45) is -2.65. The van der Waals surface area contributed by atoms with Gasteiger partial charge in [-0.05, 0) is 18.2 Å². The van der Waals surface area contributed by atoms with Crippen LogP contribution in [0.5, 0.6) is 0 Å². The van der Waals surface area contributed by atoms with E-state index in [9.17, 15) is 13.6 Å². The minimum absolute atomic E-state index is 0.0304.